The van der Waals surface area contributed by atoms with Crippen molar-refractivity contribution >= 4 is 29.2 Å². The molecule has 2 saturated heterocycles. The summed E-state index contributed by atoms with van der Waals surface area (Å²) in [5, 5.41) is 20.7. The molecule has 3 aromatic rings. The van der Waals surface area contributed by atoms with Crippen molar-refractivity contribution in [3.8, 4) is 11.5 Å². The first-order valence-corrected chi connectivity index (χ1v) is 10.5. The third-order valence-corrected chi connectivity index (χ3v) is 6.04. The standard InChI is InChI=1S/C25H20N2O7/c1-33-19-13-15(9-12-18(19)28)21-20-22(34-27(21)17-5-3-2-4-6-17)24(30)26(23(20)29)16-10-7-14(8-11-16)25(31)32/h2-13,20-22,28H,1H3,(H,31,32)/t20-,21+,22-/m1/s1. The van der Waals surface area contributed by atoms with E-state index in [-0.39, 0.29) is 22.7 Å². The number of nitrogens with zero attached hydrogens (tertiary/aromatic N) is 2. The lowest BCUT2D eigenvalue weighted by molar-refractivity contribution is -0.126. The smallest absolute Gasteiger partial charge is 0.335 e. The Kier molecular flexibility index (Phi) is 5.18. The topological polar surface area (TPSA) is 117 Å². The molecule has 2 heterocycles. The van der Waals surface area contributed by atoms with Crippen LogP contribution in [-0.2, 0) is 14.4 Å². The molecule has 3 atom stereocenters. The van der Waals surface area contributed by atoms with Gasteiger partial charge in [0.1, 0.15) is 5.92 Å². The van der Waals surface area contributed by atoms with Crippen LogP contribution < -0.4 is 14.7 Å². The number of carboxylic acid groups (broad SMARTS) is 1. The summed E-state index contributed by atoms with van der Waals surface area (Å²) < 4.78 is 5.25. The monoisotopic (exact) mass is 460 g/mol. The molecule has 2 aliphatic heterocycles. The van der Waals surface area contributed by atoms with Crippen LogP contribution in [-0.4, -0.2) is 41.2 Å². The lowest BCUT2D eigenvalue weighted by atomic mass is 9.90. The number of carbonyl (C=O) groups is 3. The molecule has 0 radical (unpaired) electrons. The van der Waals surface area contributed by atoms with E-state index in [9.17, 15) is 19.5 Å². The third-order valence-electron chi connectivity index (χ3n) is 6.04. The van der Waals surface area contributed by atoms with Gasteiger partial charge < -0.3 is 14.9 Å². The van der Waals surface area contributed by atoms with Crippen molar-refractivity contribution in [1.29, 1.82) is 0 Å². The fourth-order valence-corrected chi connectivity index (χ4v) is 4.44. The number of amides is 2. The van der Waals surface area contributed by atoms with Gasteiger partial charge in [-0.2, -0.15) is 0 Å². The maximum Gasteiger partial charge on any atom is 0.335 e. The summed E-state index contributed by atoms with van der Waals surface area (Å²) in [5.41, 5.74) is 1.59. The maximum absolute atomic E-state index is 13.6. The highest BCUT2D eigenvalue weighted by molar-refractivity contribution is 6.24. The largest absolute Gasteiger partial charge is 0.504 e. The Bertz CT molecular complexity index is 1280. The normalized spacial score (nSPS) is 21.6. The summed E-state index contributed by atoms with van der Waals surface area (Å²) in [6.07, 6.45) is -1.07. The molecule has 9 heteroatoms. The van der Waals surface area contributed by atoms with E-state index in [0.29, 0.717) is 11.3 Å². The van der Waals surface area contributed by atoms with E-state index in [0.717, 1.165) is 4.90 Å². The second-order valence-electron chi connectivity index (χ2n) is 7.95. The molecule has 9 nitrogen and oxygen atoms in total. The average Bonchev–Trinajstić information content (AvgIpc) is 3.36. The van der Waals surface area contributed by atoms with Crippen LogP contribution in [0.1, 0.15) is 22.0 Å². The predicted molar refractivity (Wildman–Crippen MR) is 121 cm³/mol. The number of imide groups is 1. The predicted octanol–water partition coefficient (Wildman–Crippen LogP) is 3.15. The van der Waals surface area contributed by atoms with Crippen LogP contribution in [0, 0.1) is 5.92 Å². The summed E-state index contributed by atoms with van der Waals surface area (Å²) in [4.78, 5) is 45.2. The van der Waals surface area contributed by atoms with Gasteiger partial charge in [-0.25, -0.2) is 14.8 Å². The van der Waals surface area contributed by atoms with E-state index >= 15 is 0 Å². The van der Waals surface area contributed by atoms with Gasteiger partial charge in [-0.1, -0.05) is 24.3 Å². The van der Waals surface area contributed by atoms with Gasteiger partial charge >= 0.3 is 5.97 Å². The number of carbonyl (C=O) groups excluding carboxylic acids is 2. The molecule has 0 aromatic heterocycles. The van der Waals surface area contributed by atoms with Crippen LogP contribution in [0.2, 0.25) is 0 Å². The summed E-state index contributed by atoms with van der Waals surface area (Å²) in [6.45, 7) is 0. The minimum atomic E-state index is -1.11. The zero-order chi connectivity index (χ0) is 24.0. The SMILES string of the molecule is COc1cc([C@H]2[C@H]3C(=O)N(c4ccc(C(=O)O)cc4)C(=O)[C@@H]3ON2c2ccccc2)ccc1O. The van der Waals surface area contributed by atoms with Crippen LogP contribution in [0.5, 0.6) is 11.5 Å². The van der Waals surface area contributed by atoms with E-state index < -0.39 is 35.8 Å². The minimum Gasteiger partial charge on any atom is -0.504 e. The second kappa shape index (κ2) is 8.20. The molecule has 2 aliphatic rings. The number of benzene rings is 3. The van der Waals surface area contributed by atoms with E-state index in [2.05, 4.69) is 0 Å². The number of rotatable bonds is 5. The van der Waals surface area contributed by atoms with Gasteiger partial charge in [0, 0.05) is 0 Å². The molecule has 3 aromatic carbocycles. The van der Waals surface area contributed by atoms with Gasteiger partial charge in [-0.3, -0.25) is 14.4 Å². The molecule has 2 fully saturated rings. The van der Waals surface area contributed by atoms with Crippen molar-refractivity contribution in [3.05, 3.63) is 83.9 Å². The highest BCUT2D eigenvalue weighted by atomic mass is 16.7. The van der Waals surface area contributed by atoms with Gasteiger partial charge in [-0.15, -0.1) is 0 Å². The van der Waals surface area contributed by atoms with E-state index in [4.69, 9.17) is 14.7 Å². The molecule has 0 saturated carbocycles. The maximum atomic E-state index is 13.6. The van der Waals surface area contributed by atoms with Crippen LogP contribution in [0.25, 0.3) is 0 Å². The molecule has 34 heavy (non-hydrogen) atoms. The lowest BCUT2D eigenvalue weighted by Gasteiger charge is -2.29. The van der Waals surface area contributed by atoms with E-state index in [1.165, 1.54) is 37.4 Å². The van der Waals surface area contributed by atoms with Gasteiger partial charge in [0.2, 0.25) is 5.91 Å². The fraction of sp³-hybridized carbons (Fsp3) is 0.160. The number of methoxy groups -OCH3 is 1. The summed E-state index contributed by atoms with van der Waals surface area (Å²) >= 11 is 0. The van der Waals surface area contributed by atoms with Crippen molar-refractivity contribution in [2.45, 2.75) is 12.1 Å². The summed E-state index contributed by atoms with van der Waals surface area (Å²) in [6, 6.07) is 18.7. The number of fused-ring (bicyclic) bond motifs is 1. The average molecular weight is 460 g/mol. The van der Waals surface area contributed by atoms with Gasteiger partial charge in [0.25, 0.3) is 5.91 Å². The first-order valence-electron chi connectivity index (χ1n) is 10.5. The van der Waals surface area contributed by atoms with Crippen LogP contribution in [0.4, 0.5) is 11.4 Å². The molecule has 0 spiro atoms. The number of phenolic OH excluding ortho intramolecular Hbond substituents is 1. The van der Waals surface area contributed by atoms with Gasteiger partial charge in [0.15, 0.2) is 17.6 Å². The highest BCUT2D eigenvalue weighted by Gasteiger charge is 2.60. The minimum absolute atomic E-state index is 0.0450. The Morgan fingerprint density at radius 1 is 0.941 bits per heavy atom. The van der Waals surface area contributed by atoms with E-state index in [1.54, 1.807) is 17.2 Å². The molecule has 2 amide bonds. The lowest BCUT2D eigenvalue weighted by Crippen LogP contribution is -2.37. The van der Waals surface area contributed by atoms with Crippen molar-refractivity contribution in [2.24, 2.45) is 5.92 Å². The molecule has 5 rings (SSSR count). The Morgan fingerprint density at radius 3 is 2.29 bits per heavy atom. The van der Waals surface area contributed by atoms with Gasteiger partial charge in [-0.05, 0) is 54.1 Å². The zero-order valence-electron chi connectivity index (χ0n) is 18.0. The van der Waals surface area contributed by atoms with Crippen molar-refractivity contribution < 1.29 is 34.2 Å². The van der Waals surface area contributed by atoms with Crippen molar-refractivity contribution in [3.63, 3.8) is 0 Å². The molecule has 0 bridgehead atoms. The molecule has 172 valence electrons. The van der Waals surface area contributed by atoms with E-state index in [1.807, 2.05) is 30.3 Å². The molecule has 2 N–H and O–H groups in total. The number of carboxylic acids is 1. The van der Waals surface area contributed by atoms with Crippen molar-refractivity contribution in [1.82, 2.24) is 0 Å². The van der Waals surface area contributed by atoms with Crippen LogP contribution >= 0.6 is 0 Å². The Labute approximate surface area is 194 Å². The molecular weight excluding hydrogens is 440 g/mol. The quantitative estimate of drug-likeness (QED) is 0.558. The first kappa shape index (κ1) is 21.5. The number of ether oxygens (including phenoxy) is 1. The number of hydrogen-bond acceptors (Lipinski definition) is 7. The van der Waals surface area contributed by atoms with Crippen molar-refractivity contribution in [2.75, 3.05) is 17.1 Å². The number of aromatic hydroxyl groups is 1. The van der Waals surface area contributed by atoms with Crippen LogP contribution in [0.3, 0.4) is 0 Å². The van der Waals surface area contributed by atoms with Gasteiger partial charge in [0.05, 0.1) is 30.1 Å². The highest BCUT2D eigenvalue weighted by Crippen LogP contribution is 2.48. The zero-order valence-corrected chi connectivity index (χ0v) is 18.0. The molecule has 0 unspecified atom stereocenters. The number of anilines is 2. The van der Waals surface area contributed by atoms with Crippen LogP contribution in [0.15, 0.2) is 72.8 Å². The number of hydroxylamine groups is 1. The summed E-state index contributed by atoms with van der Waals surface area (Å²) in [5.74, 6) is -2.80. The number of hydrogen-bond donors (Lipinski definition) is 2. The number of para-hydroxylation sites is 1. The second-order valence-corrected chi connectivity index (χ2v) is 7.95. The summed E-state index contributed by atoms with van der Waals surface area (Å²) in [7, 11) is 1.43. The number of aromatic carboxylic acids is 1. The Hall–Kier alpha value is -4.37. The Morgan fingerprint density at radius 2 is 1.65 bits per heavy atom. The number of phenols is 1. The fourth-order valence-electron chi connectivity index (χ4n) is 4.44. The third kappa shape index (κ3) is 3.34. The molecular formula is C25H20N2O7. The first-order chi connectivity index (χ1) is 16.4. The molecule has 0 aliphatic carbocycles. The Balaban J connectivity index is 1.57.